The van der Waals surface area contributed by atoms with Crippen molar-refractivity contribution in [1.29, 1.82) is 0 Å². The molecule has 3 N–H and O–H groups in total. The number of benzene rings is 2. The molecule has 0 spiro atoms. The van der Waals surface area contributed by atoms with Gasteiger partial charge in [0.25, 0.3) is 5.91 Å². The topological polar surface area (TPSA) is 81.4 Å². The maximum Gasteiger partial charge on any atom is 0.261 e. The van der Waals surface area contributed by atoms with Gasteiger partial charge >= 0.3 is 0 Å². The van der Waals surface area contributed by atoms with Crippen LogP contribution in [0.5, 0.6) is 5.75 Å². The van der Waals surface area contributed by atoms with Gasteiger partial charge in [-0.15, -0.1) is 0 Å². The molecule has 5 nitrogen and oxygen atoms in total. The number of primary amides is 1. The molecular formula is C19H18ClFN2O3. The highest BCUT2D eigenvalue weighted by Gasteiger charge is 2.30. The summed E-state index contributed by atoms with van der Waals surface area (Å²) in [4.78, 5) is 24.0. The fourth-order valence-electron chi connectivity index (χ4n) is 2.88. The van der Waals surface area contributed by atoms with E-state index >= 15 is 0 Å². The molecule has 2 aromatic rings. The Morgan fingerprint density at radius 2 is 2.00 bits per heavy atom. The van der Waals surface area contributed by atoms with E-state index in [1.165, 1.54) is 12.1 Å². The number of rotatable bonds is 6. The van der Waals surface area contributed by atoms with Crippen LogP contribution in [0.15, 0.2) is 42.5 Å². The quantitative estimate of drug-likeness (QED) is 0.811. The molecule has 2 atom stereocenters. The summed E-state index contributed by atoms with van der Waals surface area (Å²) in [5, 5.41) is 3.30. The van der Waals surface area contributed by atoms with E-state index in [2.05, 4.69) is 5.32 Å². The number of nitrogens with one attached hydrogen (secondary N) is 1. The van der Waals surface area contributed by atoms with Crippen molar-refractivity contribution in [2.45, 2.75) is 18.9 Å². The summed E-state index contributed by atoms with van der Waals surface area (Å²) >= 11 is 5.94. The van der Waals surface area contributed by atoms with Gasteiger partial charge in [0.1, 0.15) is 11.6 Å². The lowest BCUT2D eigenvalue weighted by molar-refractivity contribution is -0.128. The minimum absolute atomic E-state index is 0.0858. The van der Waals surface area contributed by atoms with Crippen LogP contribution in [0.25, 0.3) is 0 Å². The Morgan fingerprint density at radius 1 is 1.27 bits per heavy atom. The van der Waals surface area contributed by atoms with Crippen LogP contribution in [0.2, 0.25) is 5.02 Å². The molecule has 136 valence electrons. The number of halogens is 2. The normalized spacial score (nSPS) is 16.5. The molecule has 0 aliphatic carbocycles. The molecule has 2 amide bonds. The Balaban J connectivity index is 1.57. The van der Waals surface area contributed by atoms with Gasteiger partial charge in [0.05, 0.1) is 5.92 Å². The van der Waals surface area contributed by atoms with E-state index in [4.69, 9.17) is 22.1 Å². The lowest BCUT2D eigenvalue weighted by atomic mass is 9.98. The van der Waals surface area contributed by atoms with Crippen molar-refractivity contribution >= 4 is 23.4 Å². The summed E-state index contributed by atoms with van der Waals surface area (Å²) in [7, 11) is 0. The van der Waals surface area contributed by atoms with Crippen molar-refractivity contribution in [3.05, 3.63) is 64.4 Å². The highest BCUT2D eigenvalue weighted by Crippen LogP contribution is 2.31. The summed E-state index contributed by atoms with van der Waals surface area (Å²) in [6, 6.07) is 11.0. The van der Waals surface area contributed by atoms with E-state index < -0.39 is 17.9 Å². The van der Waals surface area contributed by atoms with Crippen LogP contribution in [0.1, 0.15) is 11.1 Å². The minimum atomic E-state index is -0.664. The summed E-state index contributed by atoms with van der Waals surface area (Å²) < 4.78 is 18.6. The van der Waals surface area contributed by atoms with Crippen molar-refractivity contribution in [1.82, 2.24) is 5.32 Å². The summed E-state index contributed by atoms with van der Waals surface area (Å²) in [6.45, 7) is 0.0858. The van der Waals surface area contributed by atoms with Crippen molar-refractivity contribution in [3.8, 4) is 5.75 Å². The number of carbonyl (C=O) groups is 2. The molecule has 2 aromatic carbocycles. The second-order valence-electron chi connectivity index (χ2n) is 6.24. The third-order valence-electron chi connectivity index (χ3n) is 4.31. The highest BCUT2D eigenvalue weighted by atomic mass is 35.5. The van der Waals surface area contributed by atoms with Gasteiger partial charge in [-0.05, 0) is 47.9 Å². The summed E-state index contributed by atoms with van der Waals surface area (Å²) in [6.07, 6.45) is 0.0702. The summed E-state index contributed by atoms with van der Waals surface area (Å²) in [5.74, 6) is -1.16. The Bertz CT molecular complexity index is 826. The molecule has 0 radical (unpaired) electrons. The Morgan fingerprint density at radius 3 is 2.69 bits per heavy atom. The zero-order chi connectivity index (χ0) is 18.7. The first-order chi connectivity index (χ1) is 12.4. The van der Waals surface area contributed by atoms with E-state index in [9.17, 15) is 14.0 Å². The third kappa shape index (κ3) is 4.32. The third-order valence-corrected chi connectivity index (χ3v) is 4.55. The molecule has 1 heterocycles. The van der Waals surface area contributed by atoms with Crippen LogP contribution in [-0.2, 0) is 22.4 Å². The van der Waals surface area contributed by atoms with Gasteiger partial charge in [0, 0.05) is 18.0 Å². The van der Waals surface area contributed by atoms with E-state index in [1.54, 1.807) is 30.3 Å². The van der Waals surface area contributed by atoms with Crippen LogP contribution in [0.3, 0.4) is 0 Å². The highest BCUT2D eigenvalue weighted by molar-refractivity contribution is 6.30. The first-order valence-corrected chi connectivity index (χ1v) is 8.56. The Kier molecular flexibility index (Phi) is 5.42. The van der Waals surface area contributed by atoms with Crippen LogP contribution in [0, 0.1) is 11.7 Å². The van der Waals surface area contributed by atoms with E-state index in [0.717, 1.165) is 11.1 Å². The Labute approximate surface area is 155 Å². The van der Waals surface area contributed by atoms with Gasteiger partial charge in [-0.3, -0.25) is 9.59 Å². The van der Waals surface area contributed by atoms with Crippen LogP contribution in [-0.4, -0.2) is 24.5 Å². The first-order valence-electron chi connectivity index (χ1n) is 8.19. The minimum Gasteiger partial charge on any atom is -0.480 e. The molecule has 0 fully saturated rings. The van der Waals surface area contributed by atoms with E-state index in [1.807, 2.05) is 0 Å². The lowest BCUT2D eigenvalue weighted by Crippen LogP contribution is -2.43. The van der Waals surface area contributed by atoms with Crippen LogP contribution in [0.4, 0.5) is 4.39 Å². The lowest BCUT2D eigenvalue weighted by Gasteiger charge is -2.16. The summed E-state index contributed by atoms with van der Waals surface area (Å²) in [5.41, 5.74) is 7.07. The average Bonchev–Trinajstić information content (AvgIpc) is 3.03. The molecule has 3 rings (SSSR count). The monoisotopic (exact) mass is 376 g/mol. The second kappa shape index (κ2) is 7.74. The zero-order valence-corrected chi connectivity index (χ0v) is 14.6. The van der Waals surface area contributed by atoms with Crippen LogP contribution < -0.4 is 15.8 Å². The largest absolute Gasteiger partial charge is 0.480 e. The molecule has 7 heteroatoms. The van der Waals surface area contributed by atoms with E-state index in [-0.39, 0.29) is 18.3 Å². The zero-order valence-electron chi connectivity index (χ0n) is 13.9. The number of amides is 2. The van der Waals surface area contributed by atoms with Gasteiger partial charge in [-0.2, -0.15) is 0 Å². The van der Waals surface area contributed by atoms with Gasteiger partial charge in [-0.1, -0.05) is 23.7 Å². The molecule has 0 aromatic heterocycles. The molecule has 2 unspecified atom stereocenters. The fraction of sp³-hybridized carbons (Fsp3) is 0.263. The maximum atomic E-state index is 13.0. The van der Waals surface area contributed by atoms with Crippen molar-refractivity contribution in [2.24, 2.45) is 11.7 Å². The molecule has 0 saturated heterocycles. The fourth-order valence-corrected chi connectivity index (χ4v) is 3.07. The van der Waals surface area contributed by atoms with Gasteiger partial charge in [-0.25, -0.2) is 4.39 Å². The van der Waals surface area contributed by atoms with Crippen molar-refractivity contribution < 1.29 is 18.7 Å². The Hall–Kier alpha value is -2.60. The molecule has 0 saturated carbocycles. The van der Waals surface area contributed by atoms with Crippen molar-refractivity contribution in [2.75, 3.05) is 6.54 Å². The van der Waals surface area contributed by atoms with E-state index in [0.29, 0.717) is 23.6 Å². The molecule has 1 aliphatic rings. The van der Waals surface area contributed by atoms with Gasteiger partial charge in [0.15, 0.2) is 6.10 Å². The first kappa shape index (κ1) is 18.2. The van der Waals surface area contributed by atoms with Gasteiger partial charge < -0.3 is 15.8 Å². The average molecular weight is 377 g/mol. The van der Waals surface area contributed by atoms with Gasteiger partial charge in [0.2, 0.25) is 5.91 Å². The standard InChI is InChI=1S/C19H18ClFN2O3/c20-14-3-6-16-12(8-14)9-17(26-16)19(25)23-10-13(18(22)24)7-11-1-4-15(21)5-2-11/h1-6,8,13,17H,7,9-10H2,(H2,22,24)(H,23,25). The predicted octanol–water partition coefficient (Wildman–Crippen LogP) is 2.24. The van der Waals surface area contributed by atoms with Crippen molar-refractivity contribution in [3.63, 3.8) is 0 Å². The number of nitrogens with two attached hydrogens (primary N) is 1. The van der Waals surface area contributed by atoms with Crippen LogP contribution >= 0.6 is 11.6 Å². The number of ether oxygens (including phenoxy) is 1. The molecule has 1 aliphatic heterocycles. The number of hydrogen-bond acceptors (Lipinski definition) is 3. The molecule has 26 heavy (non-hydrogen) atoms. The maximum absolute atomic E-state index is 13.0. The molecular weight excluding hydrogens is 359 g/mol. The SMILES string of the molecule is NC(=O)C(CNC(=O)C1Cc2cc(Cl)ccc2O1)Cc1ccc(F)cc1. The number of hydrogen-bond donors (Lipinski definition) is 2. The molecule has 0 bridgehead atoms. The predicted molar refractivity (Wildman–Crippen MR) is 95.4 cm³/mol. The smallest absolute Gasteiger partial charge is 0.261 e. The number of carbonyl (C=O) groups excluding carboxylic acids is 2. The second-order valence-corrected chi connectivity index (χ2v) is 6.67. The number of fused-ring (bicyclic) bond motifs is 1.